The number of nitrogens with zero attached hydrogens (tertiary/aromatic N) is 2. The van der Waals surface area contributed by atoms with Gasteiger partial charge in [-0.1, -0.05) is 12.1 Å². The van der Waals surface area contributed by atoms with Crippen LogP contribution in [0.1, 0.15) is 23.0 Å². The van der Waals surface area contributed by atoms with Crippen molar-refractivity contribution in [1.82, 2.24) is 4.98 Å². The average molecular weight is 271 g/mol. The molecule has 1 aromatic carbocycles. The van der Waals surface area contributed by atoms with Crippen LogP contribution in [0.5, 0.6) is 0 Å². The van der Waals surface area contributed by atoms with E-state index in [2.05, 4.69) is 4.98 Å². The predicted octanol–water partition coefficient (Wildman–Crippen LogP) is 2.39. The first-order valence-corrected chi connectivity index (χ1v) is 6.40. The van der Waals surface area contributed by atoms with Crippen LogP contribution < -0.4 is 10.6 Å². The van der Waals surface area contributed by atoms with Gasteiger partial charge in [-0.25, -0.2) is 4.79 Å². The van der Waals surface area contributed by atoms with Gasteiger partial charge in [0.2, 0.25) is 0 Å². The summed E-state index contributed by atoms with van der Waals surface area (Å²) >= 11 is 0. The Balaban J connectivity index is 2.39. The standard InChI is InChI=1S/C15H17N3O2/c1-2-18(10-11-6-3-4-9-17-11)14-12(15(19)20)7-5-8-13(14)16/h3-9H,2,10,16H2,1H3,(H,19,20). The van der Waals surface area contributed by atoms with E-state index < -0.39 is 5.97 Å². The Labute approximate surface area is 117 Å². The molecule has 1 heterocycles. The van der Waals surface area contributed by atoms with Gasteiger partial charge in [0.25, 0.3) is 0 Å². The lowest BCUT2D eigenvalue weighted by atomic mass is 10.1. The fraction of sp³-hybridized carbons (Fsp3) is 0.200. The molecule has 104 valence electrons. The molecule has 2 rings (SSSR count). The second-order valence-corrected chi connectivity index (χ2v) is 4.38. The Morgan fingerprint density at radius 1 is 1.30 bits per heavy atom. The number of rotatable bonds is 5. The number of benzene rings is 1. The summed E-state index contributed by atoms with van der Waals surface area (Å²) in [4.78, 5) is 17.5. The second-order valence-electron chi connectivity index (χ2n) is 4.38. The molecule has 0 atom stereocenters. The third-order valence-electron chi connectivity index (χ3n) is 3.07. The molecule has 0 fully saturated rings. The summed E-state index contributed by atoms with van der Waals surface area (Å²) in [6, 6.07) is 10.6. The van der Waals surface area contributed by atoms with Gasteiger partial charge in [-0.2, -0.15) is 0 Å². The molecule has 0 saturated carbocycles. The SMILES string of the molecule is CCN(Cc1ccccn1)c1c(N)cccc1C(=O)O. The molecule has 0 unspecified atom stereocenters. The van der Waals surface area contributed by atoms with E-state index in [0.717, 1.165) is 5.69 Å². The number of carbonyl (C=O) groups is 1. The van der Waals surface area contributed by atoms with E-state index in [1.54, 1.807) is 24.4 Å². The van der Waals surface area contributed by atoms with Crippen molar-refractivity contribution in [2.75, 3.05) is 17.2 Å². The minimum Gasteiger partial charge on any atom is -0.478 e. The third kappa shape index (κ3) is 2.88. The Bertz CT molecular complexity index is 599. The molecule has 0 bridgehead atoms. The lowest BCUT2D eigenvalue weighted by molar-refractivity contribution is 0.0697. The molecular formula is C15H17N3O2. The summed E-state index contributed by atoms with van der Waals surface area (Å²) in [5.74, 6) is -0.980. The van der Waals surface area contributed by atoms with Gasteiger partial charge in [0.1, 0.15) is 0 Å². The summed E-state index contributed by atoms with van der Waals surface area (Å²) in [5.41, 5.74) is 8.05. The summed E-state index contributed by atoms with van der Waals surface area (Å²) in [6.07, 6.45) is 1.72. The summed E-state index contributed by atoms with van der Waals surface area (Å²) in [5, 5.41) is 9.30. The molecule has 2 aromatic rings. The monoisotopic (exact) mass is 271 g/mol. The van der Waals surface area contributed by atoms with Crippen LogP contribution in [0.3, 0.4) is 0 Å². The quantitative estimate of drug-likeness (QED) is 0.816. The van der Waals surface area contributed by atoms with Crippen LogP contribution in [0.4, 0.5) is 11.4 Å². The molecule has 0 aliphatic rings. The number of hydrogen-bond donors (Lipinski definition) is 2. The lowest BCUT2D eigenvalue weighted by Crippen LogP contribution is -2.25. The van der Waals surface area contributed by atoms with Gasteiger partial charge in [-0.15, -0.1) is 0 Å². The number of carboxylic acid groups (broad SMARTS) is 1. The lowest BCUT2D eigenvalue weighted by Gasteiger charge is -2.25. The highest BCUT2D eigenvalue weighted by atomic mass is 16.4. The third-order valence-corrected chi connectivity index (χ3v) is 3.07. The fourth-order valence-corrected chi connectivity index (χ4v) is 2.12. The van der Waals surface area contributed by atoms with Crippen LogP contribution in [0, 0.1) is 0 Å². The maximum Gasteiger partial charge on any atom is 0.337 e. The van der Waals surface area contributed by atoms with Gasteiger partial charge >= 0.3 is 5.97 Å². The normalized spacial score (nSPS) is 10.2. The van der Waals surface area contributed by atoms with E-state index in [1.807, 2.05) is 30.0 Å². The van der Waals surface area contributed by atoms with Crippen molar-refractivity contribution >= 4 is 17.3 Å². The van der Waals surface area contributed by atoms with Crippen LogP contribution in [0.25, 0.3) is 0 Å². The molecule has 0 spiro atoms. The molecule has 0 aliphatic carbocycles. The Morgan fingerprint density at radius 2 is 2.10 bits per heavy atom. The maximum absolute atomic E-state index is 11.3. The first-order chi connectivity index (χ1) is 9.63. The molecule has 1 aromatic heterocycles. The van der Waals surface area contributed by atoms with E-state index in [0.29, 0.717) is 24.5 Å². The van der Waals surface area contributed by atoms with E-state index >= 15 is 0 Å². The zero-order valence-corrected chi connectivity index (χ0v) is 11.3. The average Bonchev–Trinajstić information content (AvgIpc) is 2.46. The first-order valence-electron chi connectivity index (χ1n) is 6.40. The minimum atomic E-state index is -0.980. The molecule has 5 nitrogen and oxygen atoms in total. The summed E-state index contributed by atoms with van der Waals surface area (Å²) < 4.78 is 0. The Hall–Kier alpha value is -2.56. The summed E-state index contributed by atoms with van der Waals surface area (Å²) in [7, 11) is 0. The van der Waals surface area contributed by atoms with Crippen molar-refractivity contribution in [3.63, 3.8) is 0 Å². The van der Waals surface area contributed by atoms with Crippen LogP contribution in [0.15, 0.2) is 42.6 Å². The predicted molar refractivity (Wildman–Crippen MR) is 78.8 cm³/mol. The highest BCUT2D eigenvalue weighted by Gasteiger charge is 2.18. The molecule has 3 N–H and O–H groups in total. The highest BCUT2D eigenvalue weighted by molar-refractivity contribution is 5.97. The number of nitrogens with two attached hydrogens (primary N) is 1. The van der Waals surface area contributed by atoms with Crippen LogP contribution >= 0.6 is 0 Å². The molecule has 0 saturated heterocycles. The van der Waals surface area contributed by atoms with Crippen molar-refractivity contribution < 1.29 is 9.90 Å². The van der Waals surface area contributed by atoms with Gasteiger partial charge in [0, 0.05) is 12.7 Å². The highest BCUT2D eigenvalue weighted by Crippen LogP contribution is 2.29. The first kappa shape index (κ1) is 13.9. The van der Waals surface area contributed by atoms with Crippen LogP contribution in [0.2, 0.25) is 0 Å². The number of anilines is 2. The number of hydrogen-bond acceptors (Lipinski definition) is 4. The van der Waals surface area contributed by atoms with Crippen molar-refractivity contribution in [1.29, 1.82) is 0 Å². The molecular weight excluding hydrogens is 254 g/mol. The Morgan fingerprint density at radius 3 is 2.70 bits per heavy atom. The largest absolute Gasteiger partial charge is 0.478 e. The van der Waals surface area contributed by atoms with Crippen molar-refractivity contribution in [2.24, 2.45) is 0 Å². The number of nitrogen functional groups attached to an aromatic ring is 1. The summed E-state index contributed by atoms with van der Waals surface area (Å²) in [6.45, 7) is 3.12. The van der Waals surface area contributed by atoms with E-state index in [1.165, 1.54) is 0 Å². The Kier molecular flexibility index (Phi) is 4.20. The van der Waals surface area contributed by atoms with Crippen molar-refractivity contribution in [2.45, 2.75) is 13.5 Å². The number of pyridine rings is 1. The van der Waals surface area contributed by atoms with E-state index in [9.17, 15) is 9.90 Å². The zero-order chi connectivity index (χ0) is 14.5. The zero-order valence-electron chi connectivity index (χ0n) is 11.3. The molecule has 0 amide bonds. The molecule has 20 heavy (non-hydrogen) atoms. The maximum atomic E-state index is 11.3. The number of para-hydroxylation sites is 1. The number of carboxylic acids is 1. The number of aromatic carboxylic acids is 1. The fourth-order valence-electron chi connectivity index (χ4n) is 2.12. The van der Waals surface area contributed by atoms with E-state index in [-0.39, 0.29) is 5.56 Å². The van der Waals surface area contributed by atoms with Gasteiger partial charge < -0.3 is 15.7 Å². The second kappa shape index (κ2) is 6.06. The number of aromatic nitrogens is 1. The molecule has 0 aliphatic heterocycles. The van der Waals surface area contributed by atoms with Crippen molar-refractivity contribution in [3.8, 4) is 0 Å². The van der Waals surface area contributed by atoms with Gasteiger partial charge in [0.15, 0.2) is 0 Å². The van der Waals surface area contributed by atoms with Crippen LogP contribution in [-0.2, 0) is 6.54 Å². The van der Waals surface area contributed by atoms with Gasteiger partial charge in [0.05, 0.1) is 29.2 Å². The molecule has 0 radical (unpaired) electrons. The van der Waals surface area contributed by atoms with Crippen molar-refractivity contribution in [3.05, 3.63) is 53.9 Å². The smallest absolute Gasteiger partial charge is 0.337 e. The van der Waals surface area contributed by atoms with Crippen LogP contribution in [-0.4, -0.2) is 22.6 Å². The van der Waals surface area contributed by atoms with E-state index in [4.69, 9.17) is 5.73 Å². The minimum absolute atomic E-state index is 0.211. The topological polar surface area (TPSA) is 79.5 Å². The van der Waals surface area contributed by atoms with Gasteiger partial charge in [-0.05, 0) is 31.2 Å². The van der Waals surface area contributed by atoms with Gasteiger partial charge in [-0.3, -0.25) is 4.98 Å². The molecule has 5 heteroatoms.